The van der Waals surface area contributed by atoms with Gasteiger partial charge in [-0.2, -0.15) is 0 Å². The summed E-state index contributed by atoms with van der Waals surface area (Å²) in [6, 6.07) is 4.26. The lowest BCUT2D eigenvalue weighted by atomic mass is 10.0. The number of rotatable bonds is 6. The quantitative estimate of drug-likeness (QED) is 0.762. The van der Waals surface area contributed by atoms with E-state index in [9.17, 15) is 0 Å². The smallest absolute Gasteiger partial charge is 0.144 e. The SMILES string of the molecule is COc1c(C)cc(C)cc1NCCCC(C)(C)N. The Labute approximate surface area is 111 Å². The third-order valence-electron chi connectivity index (χ3n) is 2.94. The molecule has 0 heterocycles. The molecule has 0 radical (unpaired) electrons. The molecule has 1 aromatic rings. The molecule has 0 saturated carbocycles. The number of hydrogen-bond acceptors (Lipinski definition) is 3. The highest BCUT2D eigenvalue weighted by molar-refractivity contribution is 5.61. The van der Waals surface area contributed by atoms with Gasteiger partial charge in [0.25, 0.3) is 0 Å². The van der Waals surface area contributed by atoms with Crippen molar-refractivity contribution in [1.29, 1.82) is 0 Å². The van der Waals surface area contributed by atoms with Gasteiger partial charge in [0, 0.05) is 12.1 Å². The second-order valence-corrected chi connectivity index (χ2v) is 5.68. The Balaban J connectivity index is 2.61. The Hall–Kier alpha value is -1.22. The van der Waals surface area contributed by atoms with Crippen LogP contribution in [0.25, 0.3) is 0 Å². The van der Waals surface area contributed by atoms with E-state index in [4.69, 9.17) is 10.5 Å². The van der Waals surface area contributed by atoms with Crippen molar-refractivity contribution in [2.75, 3.05) is 19.0 Å². The van der Waals surface area contributed by atoms with Gasteiger partial charge in [0.1, 0.15) is 5.75 Å². The van der Waals surface area contributed by atoms with Gasteiger partial charge < -0.3 is 15.8 Å². The normalized spacial score (nSPS) is 11.4. The monoisotopic (exact) mass is 250 g/mol. The molecule has 102 valence electrons. The van der Waals surface area contributed by atoms with Crippen LogP contribution in [0.3, 0.4) is 0 Å². The van der Waals surface area contributed by atoms with Gasteiger partial charge >= 0.3 is 0 Å². The van der Waals surface area contributed by atoms with Gasteiger partial charge in [-0.15, -0.1) is 0 Å². The number of anilines is 1. The van der Waals surface area contributed by atoms with E-state index in [0.29, 0.717) is 0 Å². The summed E-state index contributed by atoms with van der Waals surface area (Å²) in [7, 11) is 1.71. The fourth-order valence-electron chi connectivity index (χ4n) is 2.12. The Kier molecular flexibility index (Phi) is 5.03. The fraction of sp³-hybridized carbons (Fsp3) is 0.600. The lowest BCUT2D eigenvalue weighted by Crippen LogP contribution is -2.32. The number of hydrogen-bond donors (Lipinski definition) is 2. The van der Waals surface area contributed by atoms with Crippen LogP contribution in [0.2, 0.25) is 0 Å². The maximum atomic E-state index is 5.97. The zero-order valence-electron chi connectivity index (χ0n) is 12.3. The molecule has 1 aromatic carbocycles. The van der Waals surface area contributed by atoms with Crippen LogP contribution < -0.4 is 15.8 Å². The lowest BCUT2D eigenvalue weighted by molar-refractivity contribution is 0.413. The van der Waals surface area contributed by atoms with Crippen LogP contribution in [0.5, 0.6) is 5.75 Å². The summed E-state index contributed by atoms with van der Waals surface area (Å²) >= 11 is 0. The molecule has 0 unspecified atom stereocenters. The molecule has 3 heteroatoms. The molecule has 18 heavy (non-hydrogen) atoms. The highest BCUT2D eigenvalue weighted by atomic mass is 16.5. The van der Waals surface area contributed by atoms with Crippen LogP contribution in [0.1, 0.15) is 37.8 Å². The Morgan fingerprint density at radius 1 is 1.28 bits per heavy atom. The van der Waals surface area contributed by atoms with E-state index in [2.05, 4.69) is 45.1 Å². The molecule has 3 N–H and O–H groups in total. The number of nitrogens with one attached hydrogen (secondary N) is 1. The van der Waals surface area contributed by atoms with Crippen LogP contribution >= 0.6 is 0 Å². The summed E-state index contributed by atoms with van der Waals surface area (Å²) in [5, 5.41) is 3.44. The molecule has 0 spiro atoms. The van der Waals surface area contributed by atoms with E-state index in [0.717, 1.165) is 30.8 Å². The minimum Gasteiger partial charge on any atom is -0.494 e. The van der Waals surface area contributed by atoms with E-state index in [1.165, 1.54) is 11.1 Å². The summed E-state index contributed by atoms with van der Waals surface area (Å²) < 4.78 is 5.44. The highest BCUT2D eigenvalue weighted by Crippen LogP contribution is 2.29. The molecule has 3 nitrogen and oxygen atoms in total. The third-order valence-corrected chi connectivity index (χ3v) is 2.94. The summed E-state index contributed by atoms with van der Waals surface area (Å²) in [4.78, 5) is 0. The zero-order valence-corrected chi connectivity index (χ0v) is 12.3. The van der Waals surface area contributed by atoms with Crippen molar-refractivity contribution in [2.24, 2.45) is 5.73 Å². The van der Waals surface area contributed by atoms with Crippen molar-refractivity contribution < 1.29 is 4.74 Å². The van der Waals surface area contributed by atoms with Crippen molar-refractivity contribution >= 4 is 5.69 Å². The van der Waals surface area contributed by atoms with Gasteiger partial charge in [0.2, 0.25) is 0 Å². The molecule has 1 rings (SSSR count). The van der Waals surface area contributed by atoms with Crippen molar-refractivity contribution in [2.45, 2.75) is 46.1 Å². The van der Waals surface area contributed by atoms with E-state index in [1.54, 1.807) is 7.11 Å². The molecular formula is C15H26N2O. The van der Waals surface area contributed by atoms with Crippen LogP contribution in [0.4, 0.5) is 5.69 Å². The molecule has 0 aromatic heterocycles. The van der Waals surface area contributed by atoms with E-state index < -0.39 is 0 Å². The van der Waals surface area contributed by atoms with Crippen molar-refractivity contribution in [3.8, 4) is 5.75 Å². The summed E-state index contributed by atoms with van der Waals surface area (Å²) in [6.07, 6.45) is 2.06. The van der Waals surface area contributed by atoms with Crippen LogP contribution in [0, 0.1) is 13.8 Å². The van der Waals surface area contributed by atoms with Gasteiger partial charge in [0.15, 0.2) is 0 Å². The maximum Gasteiger partial charge on any atom is 0.144 e. The fourth-order valence-corrected chi connectivity index (χ4v) is 2.12. The van der Waals surface area contributed by atoms with E-state index in [-0.39, 0.29) is 5.54 Å². The molecule has 0 aliphatic rings. The van der Waals surface area contributed by atoms with Gasteiger partial charge in [-0.3, -0.25) is 0 Å². The lowest BCUT2D eigenvalue weighted by Gasteiger charge is -2.19. The minimum atomic E-state index is -0.0890. The predicted molar refractivity (Wildman–Crippen MR) is 78.5 cm³/mol. The number of nitrogens with two attached hydrogens (primary N) is 1. The minimum absolute atomic E-state index is 0.0890. The van der Waals surface area contributed by atoms with Gasteiger partial charge in [0.05, 0.1) is 12.8 Å². The molecule has 0 aliphatic carbocycles. The average Bonchev–Trinajstić information content (AvgIpc) is 2.22. The van der Waals surface area contributed by atoms with Gasteiger partial charge in [-0.05, 0) is 57.7 Å². The number of ether oxygens (including phenoxy) is 1. The standard InChI is InChI=1S/C15H26N2O/c1-11-9-12(2)14(18-5)13(10-11)17-8-6-7-15(3,4)16/h9-10,17H,6-8,16H2,1-5H3. The van der Waals surface area contributed by atoms with Crippen LogP contribution in [-0.4, -0.2) is 19.2 Å². The molecule has 0 bridgehead atoms. The van der Waals surface area contributed by atoms with E-state index in [1.807, 2.05) is 0 Å². The zero-order chi connectivity index (χ0) is 13.8. The molecule has 0 amide bonds. The number of aryl methyl sites for hydroxylation is 2. The summed E-state index contributed by atoms with van der Waals surface area (Å²) in [5.41, 5.74) is 9.36. The predicted octanol–water partition coefficient (Wildman–Crippen LogP) is 3.24. The first-order valence-corrected chi connectivity index (χ1v) is 6.51. The van der Waals surface area contributed by atoms with Crippen molar-refractivity contribution in [3.05, 3.63) is 23.3 Å². The molecule has 0 saturated heterocycles. The first-order chi connectivity index (χ1) is 8.33. The first kappa shape index (κ1) is 14.8. The maximum absolute atomic E-state index is 5.97. The highest BCUT2D eigenvalue weighted by Gasteiger charge is 2.10. The third kappa shape index (κ3) is 4.57. The second-order valence-electron chi connectivity index (χ2n) is 5.68. The van der Waals surface area contributed by atoms with Crippen molar-refractivity contribution in [1.82, 2.24) is 0 Å². The molecule has 0 atom stereocenters. The Morgan fingerprint density at radius 3 is 2.50 bits per heavy atom. The number of benzene rings is 1. The summed E-state index contributed by atoms with van der Waals surface area (Å²) in [5.74, 6) is 0.938. The molecule has 0 aliphatic heterocycles. The largest absolute Gasteiger partial charge is 0.494 e. The van der Waals surface area contributed by atoms with Gasteiger partial charge in [-0.1, -0.05) is 6.07 Å². The van der Waals surface area contributed by atoms with E-state index >= 15 is 0 Å². The average molecular weight is 250 g/mol. The Morgan fingerprint density at radius 2 is 1.94 bits per heavy atom. The van der Waals surface area contributed by atoms with Crippen LogP contribution in [-0.2, 0) is 0 Å². The van der Waals surface area contributed by atoms with Crippen LogP contribution in [0.15, 0.2) is 12.1 Å². The van der Waals surface area contributed by atoms with Crippen molar-refractivity contribution in [3.63, 3.8) is 0 Å². The summed E-state index contributed by atoms with van der Waals surface area (Å²) in [6.45, 7) is 9.20. The van der Waals surface area contributed by atoms with Gasteiger partial charge in [-0.25, -0.2) is 0 Å². The Bertz CT molecular complexity index is 394. The first-order valence-electron chi connectivity index (χ1n) is 6.51. The molecule has 0 fully saturated rings. The molecular weight excluding hydrogens is 224 g/mol. The topological polar surface area (TPSA) is 47.3 Å². The number of methoxy groups -OCH3 is 1. The second kappa shape index (κ2) is 6.10.